The van der Waals surface area contributed by atoms with Crippen molar-refractivity contribution < 1.29 is 17.9 Å². The van der Waals surface area contributed by atoms with Crippen molar-refractivity contribution in [2.45, 2.75) is 17.9 Å². The number of carbonyl (C=O) groups is 1. The van der Waals surface area contributed by atoms with Crippen molar-refractivity contribution in [3.8, 4) is 11.8 Å². The second-order valence-electron chi connectivity index (χ2n) is 6.09. The molecule has 0 spiro atoms. The van der Waals surface area contributed by atoms with Gasteiger partial charge in [-0.05, 0) is 61.5 Å². The van der Waals surface area contributed by atoms with Crippen LogP contribution in [0.5, 0.6) is 5.75 Å². The zero-order valence-corrected chi connectivity index (χ0v) is 16.6. The van der Waals surface area contributed by atoms with Crippen LogP contribution in [-0.2, 0) is 14.8 Å². The summed E-state index contributed by atoms with van der Waals surface area (Å²) in [6.07, 6.45) is 2.04. The highest BCUT2D eigenvalue weighted by Gasteiger charge is 2.17. The van der Waals surface area contributed by atoms with Crippen LogP contribution in [0.1, 0.15) is 12.5 Å². The van der Waals surface area contributed by atoms with E-state index in [2.05, 4.69) is 20.0 Å². The fourth-order valence-corrected chi connectivity index (χ4v) is 3.32. The van der Waals surface area contributed by atoms with Crippen molar-refractivity contribution in [3.05, 3.63) is 72.6 Å². The Bertz CT molecular complexity index is 1160. The molecular formula is C20H17N5O4S. The molecule has 1 atom stereocenters. The molecule has 0 aliphatic heterocycles. The van der Waals surface area contributed by atoms with Gasteiger partial charge in [0, 0.05) is 18.1 Å². The van der Waals surface area contributed by atoms with Gasteiger partial charge in [0.25, 0.3) is 15.9 Å². The van der Waals surface area contributed by atoms with Crippen LogP contribution < -0.4 is 14.8 Å². The minimum atomic E-state index is -3.86. The summed E-state index contributed by atoms with van der Waals surface area (Å²) in [6.45, 7) is 1.58. The Hall–Kier alpha value is -3.97. The van der Waals surface area contributed by atoms with Crippen molar-refractivity contribution >= 4 is 27.6 Å². The average Bonchev–Trinajstić information content (AvgIpc) is 2.75. The molecule has 3 aromatic rings. The first-order chi connectivity index (χ1) is 14.4. The molecule has 1 unspecified atom stereocenters. The Morgan fingerprint density at radius 1 is 1.07 bits per heavy atom. The van der Waals surface area contributed by atoms with Crippen LogP contribution in [0.4, 0.5) is 11.6 Å². The fourth-order valence-electron chi connectivity index (χ4n) is 2.36. The van der Waals surface area contributed by atoms with Crippen LogP contribution in [0, 0.1) is 11.3 Å². The van der Waals surface area contributed by atoms with Gasteiger partial charge in [-0.25, -0.2) is 23.1 Å². The normalized spacial score (nSPS) is 11.7. The van der Waals surface area contributed by atoms with Crippen molar-refractivity contribution in [2.24, 2.45) is 0 Å². The summed E-state index contributed by atoms with van der Waals surface area (Å²) in [6, 6.07) is 15.6. The van der Waals surface area contributed by atoms with Crippen molar-refractivity contribution in [2.75, 3.05) is 10.0 Å². The molecule has 0 aliphatic rings. The molecule has 9 nitrogen and oxygen atoms in total. The molecule has 0 fully saturated rings. The first kappa shape index (κ1) is 20.8. The molecule has 0 saturated carbocycles. The van der Waals surface area contributed by atoms with Crippen LogP contribution in [-0.4, -0.2) is 30.4 Å². The van der Waals surface area contributed by atoms with E-state index >= 15 is 0 Å². The third-order valence-electron chi connectivity index (χ3n) is 3.89. The van der Waals surface area contributed by atoms with E-state index in [0.717, 1.165) is 0 Å². The lowest BCUT2D eigenvalue weighted by Crippen LogP contribution is -2.30. The molecule has 30 heavy (non-hydrogen) atoms. The van der Waals surface area contributed by atoms with E-state index in [1.807, 2.05) is 6.07 Å². The molecule has 0 radical (unpaired) electrons. The zero-order chi connectivity index (χ0) is 21.6. The monoisotopic (exact) mass is 423 g/mol. The summed E-state index contributed by atoms with van der Waals surface area (Å²) in [7, 11) is -3.86. The summed E-state index contributed by atoms with van der Waals surface area (Å²) < 4.78 is 32.6. The Balaban J connectivity index is 1.61. The van der Waals surface area contributed by atoms with Gasteiger partial charge in [0.15, 0.2) is 6.10 Å². The van der Waals surface area contributed by atoms with E-state index in [4.69, 9.17) is 10.00 Å². The first-order valence-corrected chi connectivity index (χ1v) is 10.2. The average molecular weight is 423 g/mol. The number of ether oxygens (including phenoxy) is 1. The van der Waals surface area contributed by atoms with Gasteiger partial charge in [-0.3, -0.25) is 4.79 Å². The second kappa shape index (κ2) is 9.02. The predicted molar refractivity (Wildman–Crippen MR) is 109 cm³/mol. The number of sulfonamides is 1. The molecule has 0 aliphatic carbocycles. The van der Waals surface area contributed by atoms with Crippen molar-refractivity contribution in [1.29, 1.82) is 5.26 Å². The lowest BCUT2D eigenvalue weighted by Gasteiger charge is -2.15. The topological polar surface area (TPSA) is 134 Å². The fraction of sp³-hybridized carbons (Fsp3) is 0.100. The molecule has 3 rings (SSSR count). The van der Waals surface area contributed by atoms with Gasteiger partial charge in [-0.1, -0.05) is 0 Å². The number of hydrogen-bond acceptors (Lipinski definition) is 7. The highest BCUT2D eigenvalue weighted by molar-refractivity contribution is 7.92. The number of aromatic nitrogens is 2. The number of hydrogen-bond donors (Lipinski definition) is 2. The minimum Gasteiger partial charge on any atom is -0.481 e. The van der Waals surface area contributed by atoms with Crippen molar-refractivity contribution in [1.82, 2.24) is 9.97 Å². The summed E-state index contributed by atoms with van der Waals surface area (Å²) >= 11 is 0. The maximum Gasteiger partial charge on any atom is 0.265 e. The molecule has 0 bridgehead atoms. The lowest BCUT2D eigenvalue weighted by atomic mass is 10.2. The quantitative estimate of drug-likeness (QED) is 0.596. The minimum absolute atomic E-state index is 0.00478. The van der Waals surface area contributed by atoms with E-state index in [1.54, 1.807) is 37.3 Å². The second-order valence-corrected chi connectivity index (χ2v) is 7.77. The van der Waals surface area contributed by atoms with Crippen LogP contribution >= 0.6 is 0 Å². The Morgan fingerprint density at radius 3 is 2.30 bits per heavy atom. The molecule has 1 aromatic heterocycles. The smallest absolute Gasteiger partial charge is 0.265 e. The standard InChI is InChI=1S/C20H17N5O4S/c1-14(29-17-7-3-15(13-21)4-8-17)19(26)24-16-5-9-18(10-6-16)30(27,28)25-20-22-11-2-12-23-20/h2-12,14H,1H3,(H,24,26)(H,22,23,25). The van der Waals surface area contributed by atoms with Gasteiger partial charge < -0.3 is 10.1 Å². The number of amides is 1. The summed E-state index contributed by atoms with van der Waals surface area (Å²) in [4.78, 5) is 20.0. The molecule has 1 amide bonds. The molecule has 152 valence electrons. The third kappa shape index (κ3) is 5.30. The van der Waals surface area contributed by atoms with E-state index in [9.17, 15) is 13.2 Å². The van der Waals surface area contributed by atoms with E-state index in [1.165, 1.54) is 36.7 Å². The highest BCUT2D eigenvalue weighted by atomic mass is 32.2. The largest absolute Gasteiger partial charge is 0.481 e. The number of carbonyl (C=O) groups excluding carboxylic acids is 1. The Morgan fingerprint density at radius 2 is 1.70 bits per heavy atom. The molecular weight excluding hydrogens is 406 g/mol. The van der Waals surface area contributed by atoms with Crippen LogP contribution in [0.2, 0.25) is 0 Å². The third-order valence-corrected chi connectivity index (χ3v) is 5.23. The zero-order valence-electron chi connectivity index (χ0n) is 15.8. The van der Waals surface area contributed by atoms with Gasteiger partial charge in [0.2, 0.25) is 5.95 Å². The van der Waals surface area contributed by atoms with E-state index in [-0.39, 0.29) is 10.8 Å². The number of rotatable bonds is 7. The predicted octanol–water partition coefficient (Wildman–Crippen LogP) is 2.56. The SMILES string of the molecule is CC(Oc1ccc(C#N)cc1)C(=O)Nc1ccc(S(=O)(=O)Nc2ncccn2)cc1. The van der Waals surface area contributed by atoms with E-state index in [0.29, 0.717) is 17.0 Å². The van der Waals surface area contributed by atoms with E-state index < -0.39 is 22.0 Å². The van der Waals surface area contributed by atoms with Gasteiger partial charge in [0.05, 0.1) is 16.5 Å². The van der Waals surface area contributed by atoms with Gasteiger partial charge in [-0.15, -0.1) is 0 Å². The number of nitrogens with one attached hydrogen (secondary N) is 2. The van der Waals surface area contributed by atoms with Gasteiger partial charge in [-0.2, -0.15) is 5.26 Å². The molecule has 10 heteroatoms. The van der Waals surface area contributed by atoms with Crippen LogP contribution in [0.25, 0.3) is 0 Å². The maximum absolute atomic E-state index is 12.4. The molecule has 2 N–H and O–H groups in total. The first-order valence-electron chi connectivity index (χ1n) is 8.75. The lowest BCUT2D eigenvalue weighted by molar-refractivity contribution is -0.122. The van der Waals surface area contributed by atoms with Crippen LogP contribution in [0.15, 0.2) is 71.9 Å². The Kier molecular flexibility index (Phi) is 6.24. The van der Waals surface area contributed by atoms with Gasteiger partial charge >= 0.3 is 0 Å². The molecule has 1 heterocycles. The number of benzene rings is 2. The summed E-state index contributed by atoms with van der Waals surface area (Å²) in [5.41, 5.74) is 0.896. The van der Waals surface area contributed by atoms with Crippen molar-refractivity contribution in [3.63, 3.8) is 0 Å². The molecule has 2 aromatic carbocycles. The number of nitriles is 1. The molecule has 0 saturated heterocycles. The summed E-state index contributed by atoms with van der Waals surface area (Å²) in [5.74, 6) is 0.00160. The summed E-state index contributed by atoms with van der Waals surface area (Å²) in [5, 5.41) is 11.5. The van der Waals surface area contributed by atoms with Gasteiger partial charge in [0.1, 0.15) is 5.75 Å². The maximum atomic E-state index is 12.4. The number of nitrogens with zero attached hydrogens (tertiary/aromatic N) is 3. The number of anilines is 2. The van der Waals surface area contributed by atoms with Crippen LogP contribution in [0.3, 0.4) is 0 Å². The highest BCUT2D eigenvalue weighted by Crippen LogP contribution is 2.18. The Labute approximate surface area is 173 Å².